The highest BCUT2D eigenvalue weighted by atomic mass is 19.3. The van der Waals surface area contributed by atoms with Crippen molar-refractivity contribution in [1.82, 2.24) is 4.90 Å². The van der Waals surface area contributed by atoms with Crippen LogP contribution in [0.1, 0.15) is 44.9 Å². The summed E-state index contributed by atoms with van der Waals surface area (Å²) in [5.74, 6) is 0.431. The molecule has 1 saturated carbocycles. The van der Waals surface area contributed by atoms with E-state index in [2.05, 4.69) is 0 Å². The van der Waals surface area contributed by atoms with Crippen LogP contribution in [-0.4, -0.2) is 36.9 Å². The fourth-order valence-electron chi connectivity index (χ4n) is 2.60. The molecule has 0 radical (unpaired) electrons. The molecule has 0 aromatic rings. The highest BCUT2D eigenvalue weighted by Crippen LogP contribution is 2.27. The number of hydrogen-bond acceptors (Lipinski definition) is 2. The summed E-state index contributed by atoms with van der Waals surface area (Å²) in [7, 11) is 0. The predicted octanol–water partition coefficient (Wildman–Crippen LogP) is 2.40. The lowest BCUT2D eigenvalue weighted by atomic mass is 9.86. The summed E-state index contributed by atoms with van der Waals surface area (Å²) in [6.45, 7) is -0.0174. The third-order valence-electron chi connectivity index (χ3n) is 3.60. The van der Waals surface area contributed by atoms with Gasteiger partial charge in [-0.2, -0.15) is 0 Å². The largest absolute Gasteiger partial charge is 0.336 e. The van der Waals surface area contributed by atoms with Crippen molar-refractivity contribution in [2.24, 2.45) is 11.7 Å². The molecule has 1 aliphatic rings. The Kier molecular flexibility index (Phi) is 7.16. The zero-order valence-electron chi connectivity index (χ0n) is 10.9. The average Bonchev–Trinajstić information content (AvgIpc) is 2.36. The molecule has 2 N–H and O–H groups in total. The van der Waals surface area contributed by atoms with Crippen LogP contribution in [0.15, 0.2) is 0 Å². The van der Waals surface area contributed by atoms with Gasteiger partial charge in [-0.3, -0.25) is 4.79 Å². The van der Waals surface area contributed by atoms with Crippen molar-refractivity contribution >= 4 is 5.91 Å². The zero-order valence-corrected chi connectivity index (χ0v) is 10.9. The van der Waals surface area contributed by atoms with E-state index >= 15 is 0 Å². The van der Waals surface area contributed by atoms with Gasteiger partial charge in [-0.1, -0.05) is 32.1 Å². The molecule has 0 saturated heterocycles. The number of nitrogens with two attached hydrogens (primary N) is 1. The molecule has 0 aromatic carbocycles. The van der Waals surface area contributed by atoms with Crippen LogP contribution in [0.25, 0.3) is 0 Å². The van der Waals surface area contributed by atoms with E-state index in [4.69, 9.17) is 5.73 Å². The lowest BCUT2D eigenvalue weighted by Gasteiger charge is -2.24. The highest BCUT2D eigenvalue weighted by Gasteiger charge is 2.20. The molecule has 0 atom stereocenters. The first kappa shape index (κ1) is 15.3. The summed E-state index contributed by atoms with van der Waals surface area (Å²) in [6.07, 6.45) is 4.87. The molecule has 1 fully saturated rings. The molecule has 0 unspecified atom stereocenters. The van der Waals surface area contributed by atoms with E-state index in [0.717, 1.165) is 6.42 Å². The third kappa shape index (κ3) is 5.76. The Hall–Kier alpha value is -0.710. The van der Waals surface area contributed by atoms with Crippen LogP contribution >= 0.6 is 0 Å². The SMILES string of the molecule is NCCN(CC(F)F)C(=O)CCC1CCCCC1. The van der Waals surface area contributed by atoms with Crippen LogP contribution in [0.2, 0.25) is 0 Å². The number of amides is 1. The van der Waals surface area contributed by atoms with Gasteiger partial charge in [0.25, 0.3) is 6.43 Å². The molecule has 3 nitrogen and oxygen atoms in total. The van der Waals surface area contributed by atoms with Gasteiger partial charge in [-0.05, 0) is 12.3 Å². The van der Waals surface area contributed by atoms with Crippen LogP contribution in [0.3, 0.4) is 0 Å². The molecular formula is C13H24F2N2O. The standard InChI is InChI=1S/C13H24F2N2O/c14-12(15)10-17(9-8-16)13(18)7-6-11-4-2-1-3-5-11/h11-12H,1-10,16H2. The minimum atomic E-state index is -2.48. The first-order valence-corrected chi connectivity index (χ1v) is 6.89. The molecule has 0 aromatic heterocycles. The summed E-state index contributed by atoms with van der Waals surface area (Å²) in [4.78, 5) is 13.1. The maximum Gasteiger partial charge on any atom is 0.255 e. The van der Waals surface area contributed by atoms with Crippen molar-refractivity contribution in [3.63, 3.8) is 0 Å². The number of rotatable bonds is 7. The number of hydrogen-bond donors (Lipinski definition) is 1. The van der Waals surface area contributed by atoms with Gasteiger partial charge in [0, 0.05) is 19.5 Å². The van der Waals surface area contributed by atoms with Gasteiger partial charge in [-0.25, -0.2) is 8.78 Å². The Bertz CT molecular complexity index is 243. The van der Waals surface area contributed by atoms with E-state index in [-0.39, 0.29) is 19.0 Å². The summed E-state index contributed by atoms with van der Waals surface area (Å²) >= 11 is 0. The molecular weight excluding hydrogens is 238 g/mol. The minimum absolute atomic E-state index is 0.175. The first-order chi connectivity index (χ1) is 8.63. The number of carbonyl (C=O) groups excluding carboxylic acids is 1. The summed E-state index contributed by atoms with van der Waals surface area (Å²) in [5.41, 5.74) is 5.34. The molecule has 0 spiro atoms. The zero-order chi connectivity index (χ0) is 13.4. The van der Waals surface area contributed by atoms with Gasteiger partial charge in [0.2, 0.25) is 5.91 Å². The Morgan fingerprint density at radius 2 is 1.94 bits per heavy atom. The van der Waals surface area contributed by atoms with Crippen molar-refractivity contribution in [3.8, 4) is 0 Å². The Labute approximate surface area is 108 Å². The molecule has 18 heavy (non-hydrogen) atoms. The van der Waals surface area contributed by atoms with Gasteiger partial charge in [0.1, 0.15) is 0 Å². The van der Waals surface area contributed by atoms with Crippen LogP contribution in [0, 0.1) is 5.92 Å². The fraction of sp³-hybridized carbons (Fsp3) is 0.923. The molecule has 106 valence electrons. The molecule has 0 bridgehead atoms. The smallest absolute Gasteiger partial charge is 0.255 e. The van der Waals surface area contributed by atoms with E-state index in [1.807, 2.05) is 0 Å². The molecule has 0 aliphatic heterocycles. The summed E-state index contributed by atoms with van der Waals surface area (Å²) in [6, 6.07) is 0. The average molecular weight is 262 g/mol. The summed E-state index contributed by atoms with van der Waals surface area (Å²) < 4.78 is 24.7. The molecule has 0 heterocycles. The lowest BCUT2D eigenvalue weighted by Crippen LogP contribution is -2.38. The maximum atomic E-state index is 12.3. The van der Waals surface area contributed by atoms with Crippen molar-refractivity contribution in [2.75, 3.05) is 19.6 Å². The first-order valence-electron chi connectivity index (χ1n) is 6.89. The maximum absolute atomic E-state index is 12.3. The lowest BCUT2D eigenvalue weighted by molar-refractivity contribution is -0.133. The second-order valence-corrected chi connectivity index (χ2v) is 5.06. The van der Waals surface area contributed by atoms with E-state index in [9.17, 15) is 13.6 Å². The molecule has 1 amide bonds. The predicted molar refractivity (Wildman–Crippen MR) is 67.4 cm³/mol. The van der Waals surface area contributed by atoms with E-state index < -0.39 is 13.0 Å². The quantitative estimate of drug-likeness (QED) is 0.765. The van der Waals surface area contributed by atoms with E-state index in [0.29, 0.717) is 12.3 Å². The number of nitrogens with zero attached hydrogens (tertiary/aromatic N) is 1. The minimum Gasteiger partial charge on any atom is -0.336 e. The molecule has 5 heteroatoms. The number of alkyl halides is 2. The van der Waals surface area contributed by atoms with Crippen LogP contribution in [-0.2, 0) is 4.79 Å². The number of halogens is 2. The highest BCUT2D eigenvalue weighted by molar-refractivity contribution is 5.76. The van der Waals surface area contributed by atoms with Gasteiger partial charge in [0.15, 0.2) is 0 Å². The van der Waals surface area contributed by atoms with Crippen LogP contribution in [0.4, 0.5) is 8.78 Å². The van der Waals surface area contributed by atoms with Crippen molar-refractivity contribution in [1.29, 1.82) is 0 Å². The Morgan fingerprint density at radius 1 is 1.28 bits per heavy atom. The topological polar surface area (TPSA) is 46.3 Å². The van der Waals surface area contributed by atoms with Crippen molar-refractivity contribution < 1.29 is 13.6 Å². The van der Waals surface area contributed by atoms with E-state index in [1.165, 1.54) is 37.0 Å². The van der Waals surface area contributed by atoms with Crippen molar-refractivity contribution in [3.05, 3.63) is 0 Å². The van der Waals surface area contributed by atoms with Gasteiger partial charge in [0.05, 0.1) is 6.54 Å². The normalized spacial score (nSPS) is 17.1. The van der Waals surface area contributed by atoms with E-state index in [1.54, 1.807) is 0 Å². The second-order valence-electron chi connectivity index (χ2n) is 5.06. The third-order valence-corrected chi connectivity index (χ3v) is 3.60. The monoisotopic (exact) mass is 262 g/mol. The Morgan fingerprint density at radius 3 is 2.50 bits per heavy atom. The van der Waals surface area contributed by atoms with Gasteiger partial charge < -0.3 is 10.6 Å². The van der Waals surface area contributed by atoms with Gasteiger partial charge in [-0.15, -0.1) is 0 Å². The van der Waals surface area contributed by atoms with Gasteiger partial charge >= 0.3 is 0 Å². The van der Waals surface area contributed by atoms with Crippen molar-refractivity contribution in [2.45, 2.75) is 51.4 Å². The second kappa shape index (κ2) is 8.40. The molecule has 1 rings (SSSR count). The number of carbonyl (C=O) groups is 1. The Balaban J connectivity index is 2.30. The summed E-state index contributed by atoms with van der Waals surface area (Å²) in [5, 5.41) is 0. The fourth-order valence-corrected chi connectivity index (χ4v) is 2.60. The molecule has 1 aliphatic carbocycles. The van der Waals surface area contributed by atoms with Crippen LogP contribution < -0.4 is 5.73 Å². The van der Waals surface area contributed by atoms with Crippen LogP contribution in [0.5, 0.6) is 0 Å².